The Kier molecular flexibility index (Phi) is 14.0. The molecule has 0 saturated carbocycles. The molecule has 4 aromatic rings. The fourth-order valence-electron chi connectivity index (χ4n) is 2.53. The van der Waals surface area contributed by atoms with E-state index in [0.29, 0.717) is 5.92 Å². The predicted octanol–water partition coefficient (Wildman–Crippen LogP) is 0.869. The van der Waals surface area contributed by atoms with Crippen LogP contribution in [0.1, 0.15) is 37.8 Å². The van der Waals surface area contributed by atoms with Gasteiger partial charge in [-0.05, 0) is 0 Å². The Morgan fingerprint density at radius 2 is 1.46 bits per heavy atom. The van der Waals surface area contributed by atoms with Crippen LogP contribution in [0.4, 0.5) is 0 Å². The summed E-state index contributed by atoms with van der Waals surface area (Å²) < 4.78 is 1.46. The van der Waals surface area contributed by atoms with Gasteiger partial charge in [-0.25, -0.2) is 6.07 Å². The average molecular weight is 489 g/mol. The molecule has 0 aliphatic rings. The zero-order valence-corrected chi connectivity index (χ0v) is 20.5. The van der Waals surface area contributed by atoms with E-state index in [1.165, 1.54) is 49.3 Å². The van der Waals surface area contributed by atoms with Crippen molar-refractivity contribution in [2.75, 3.05) is 0 Å². The van der Waals surface area contributed by atoms with Crippen LogP contribution in [0.5, 0.6) is 0 Å². The maximum absolute atomic E-state index is 2.20. The van der Waals surface area contributed by atoms with Crippen molar-refractivity contribution >= 4 is 14.0 Å². The van der Waals surface area contributed by atoms with Crippen LogP contribution in [0.2, 0.25) is 0 Å². The third kappa shape index (κ3) is 9.29. The fourth-order valence-corrected chi connectivity index (χ4v) is 2.94. The summed E-state index contributed by atoms with van der Waals surface area (Å²) in [4.78, 5) is 0. The van der Waals surface area contributed by atoms with Gasteiger partial charge in [0.25, 0.3) is 0 Å². The second kappa shape index (κ2) is 14.7. The first-order valence-electron chi connectivity index (χ1n) is 9.00. The standard InChI is InChI=1S/C9H7.C8H11.C8H8.2ClH.Zr/c1-2-5-9-7-3-6-8(9)4-1;1-7(2)8-5-3-4-6-8;1-2-8-6-4-3-5-7-8;;;/h1-7H;3-7H,1-2H3;3-7H,1H3;2*1H;/q2*-1;;;;+2/p-2. The van der Waals surface area contributed by atoms with Crippen LogP contribution in [0.25, 0.3) is 10.8 Å². The number of benzene rings is 2. The Bertz CT molecular complexity index is 860. The molecule has 4 aromatic carbocycles. The summed E-state index contributed by atoms with van der Waals surface area (Å²) in [5.74, 6) is 0.685. The Morgan fingerprint density at radius 3 is 1.93 bits per heavy atom. The number of hydrogen-bond donors (Lipinski definition) is 0. The van der Waals surface area contributed by atoms with Crippen molar-refractivity contribution in [3.63, 3.8) is 0 Å². The minimum absolute atomic E-state index is 0. The molecule has 146 valence electrons. The number of hydrogen-bond acceptors (Lipinski definition) is 0. The SMILES string of the molecule is CC(C)c1cc[cH-]c1.C[C](=[Zr+2])c1ccccc1.[Cl-].[Cl-].c1ccc2[cH-]ccc2c1. The summed E-state index contributed by atoms with van der Waals surface area (Å²) in [6.45, 7) is 6.57. The Morgan fingerprint density at radius 1 is 0.821 bits per heavy atom. The molecule has 0 aliphatic heterocycles. The summed E-state index contributed by atoms with van der Waals surface area (Å²) in [5, 5.41) is 2.66. The van der Waals surface area contributed by atoms with E-state index in [-0.39, 0.29) is 24.8 Å². The van der Waals surface area contributed by atoms with Gasteiger partial charge in [0.05, 0.1) is 0 Å². The van der Waals surface area contributed by atoms with Crippen molar-refractivity contribution in [1.82, 2.24) is 0 Å². The second-order valence-electron chi connectivity index (χ2n) is 6.52. The van der Waals surface area contributed by atoms with Crippen molar-refractivity contribution in [3.8, 4) is 0 Å². The molecule has 0 heterocycles. The van der Waals surface area contributed by atoms with Gasteiger partial charge in [0.1, 0.15) is 0 Å². The summed E-state index contributed by atoms with van der Waals surface area (Å²) in [7, 11) is 0. The van der Waals surface area contributed by atoms with Gasteiger partial charge < -0.3 is 24.8 Å². The molecule has 4 rings (SSSR count). The molecule has 0 N–H and O–H groups in total. The normalized spacial score (nSPS) is 9.21. The molecule has 0 spiro atoms. The summed E-state index contributed by atoms with van der Waals surface area (Å²) >= 11 is 1.51. The molecular formula is C25H26Cl2Zr-2. The molecule has 0 atom stereocenters. The van der Waals surface area contributed by atoms with Gasteiger partial charge in [0.2, 0.25) is 0 Å². The molecule has 0 fully saturated rings. The van der Waals surface area contributed by atoms with Gasteiger partial charge in [-0.2, -0.15) is 41.3 Å². The van der Waals surface area contributed by atoms with Gasteiger partial charge in [-0.1, -0.05) is 25.8 Å². The Balaban J connectivity index is 0.000000378. The zero-order valence-electron chi connectivity index (χ0n) is 16.6. The van der Waals surface area contributed by atoms with Crippen molar-refractivity contribution < 1.29 is 49.0 Å². The zero-order chi connectivity index (χ0) is 18.8. The van der Waals surface area contributed by atoms with E-state index in [4.69, 9.17) is 0 Å². The van der Waals surface area contributed by atoms with Crippen molar-refractivity contribution in [2.24, 2.45) is 0 Å². The van der Waals surface area contributed by atoms with E-state index in [9.17, 15) is 0 Å². The van der Waals surface area contributed by atoms with Crippen molar-refractivity contribution in [2.45, 2.75) is 26.7 Å². The first kappa shape index (κ1) is 26.7. The van der Waals surface area contributed by atoms with Crippen molar-refractivity contribution in [1.29, 1.82) is 0 Å². The predicted molar refractivity (Wildman–Crippen MR) is 112 cm³/mol. The van der Waals surface area contributed by atoms with Gasteiger partial charge in [-0.15, -0.1) is 29.7 Å². The molecular weight excluding hydrogens is 462 g/mol. The minimum Gasteiger partial charge on any atom is -1.00 e. The van der Waals surface area contributed by atoms with Crippen molar-refractivity contribution in [3.05, 3.63) is 108 Å². The van der Waals surface area contributed by atoms with Crippen LogP contribution in [-0.2, 0) is 24.2 Å². The van der Waals surface area contributed by atoms with Crippen LogP contribution < -0.4 is 24.8 Å². The smallest absolute Gasteiger partial charge is 0.0809 e. The van der Waals surface area contributed by atoms with Gasteiger partial charge in [0, 0.05) is 0 Å². The molecule has 28 heavy (non-hydrogen) atoms. The van der Waals surface area contributed by atoms with E-state index in [0.717, 1.165) is 0 Å². The van der Waals surface area contributed by atoms with Crippen LogP contribution in [0.3, 0.4) is 0 Å². The van der Waals surface area contributed by atoms with E-state index >= 15 is 0 Å². The Hall–Kier alpha value is -1.27. The van der Waals surface area contributed by atoms with Gasteiger partial charge in [0.15, 0.2) is 0 Å². The van der Waals surface area contributed by atoms with E-state index in [2.05, 4.69) is 112 Å². The molecule has 3 heteroatoms. The third-order valence-electron chi connectivity index (χ3n) is 4.11. The third-order valence-corrected chi connectivity index (χ3v) is 4.82. The first-order valence-corrected chi connectivity index (χ1v) is 10.2. The molecule has 0 radical (unpaired) electrons. The topological polar surface area (TPSA) is 0 Å². The van der Waals surface area contributed by atoms with Crippen LogP contribution in [0, 0.1) is 0 Å². The van der Waals surface area contributed by atoms with Gasteiger partial charge >= 0.3 is 70.3 Å². The molecule has 0 aliphatic carbocycles. The molecule has 0 bridgehead atoms. The molecule has 0 nitrogen and oxygen atoms in total. The quantitative estimate of drug-likeness (QED) is 0.368. The van der Waals surface area contributed by atoms with E-state index in [1.54, 1.807) is 0 Å². The Labute approximate surface area is 196 Å². The first-order chi connectivity index (χ1) is 12.6. The average Bonchev–Trinajstić information content (AvgIpc) is 3.35. The summed E-state index contributed by atoms with van der Waals surface area (Å²) in [6.07, 6.45) is 0. The fraction of sp³-hybridized carbons (Fsp3) is 0.160. The number of rotatable bonds is 2. The number of fused-ring (bicyclic) bond motifs is 1. The largest absolute Gasteiger partial charge is 1.00 e. The summed E-state index contributed by atoms with van der Waals surface area (Å²) in [5.41, 5.74) is 2.81. The van der Waals surface area contributed by atoms with Crippen LogP contribution in [-0.4, -0.2) is 3.21 Å². The monoisotopic (exact) mass is 486 g/mol. The van der Waals surface area contributed by atoms with Crippen LogP contribution in [0.15, 0.2) is 97.1 Å². The van der Waals surface area contributed by atoms with Gasteiger partial charge in [-0.3, -0.25) is 0 Å². The summed E-state index contributed by atoms with van der Waals surface area (Å²) in [6, 6.07) is 33.6. The maximum atomic E-state index is 2.20. The molecule has 0 amide bonds. The molecule has 0 aromatic heterocycles. The number of halogens is 2. The van der Waals surface area contributed by atoms with E-state index in [1.807, 2.05) is 6.07 Å². The maximum Gasteiger partial charge on any atom is -0.0809 e. The molecule has 0 saturated heterocycles. The van der Waals surface area contributed by atoms with E-state index < -0.39 is 0 Å². The molecule has 0 unspecified atom stereocenters. The van der Waals surface area contributed by atoms with Crippen LogP contribution >= 0.6 is 0 Å². The second-order valence-corrected chi connectivity index (χ2v) is 8.36. The minimum atomic E-state index is 0.